The van der Waals surface area contributed by atoms with Crippen molar-refractivity contribution >= 4 is 60.8 Å². The molecule has 2 aromatic rings. The number of hydrogen-bond acceptors (Lipinski definition) is 5. The van der Waals surface area contributed by atoms with E-state index in [1.807, 2.05) is 38.1 Å². The van der Waals surface area contributed by atoms with Gasteiger partial charge in [0.25, 0.3) is 11.1 Å². The van der Waals surface area contributed by atoms with Crippen LogP contribution in [0.3, 0.4) is 0 Å². The lowest BCUT2D eigenvalue weighted by Gasteiger charge is -2.14. The molecule has 2 aromatic carbocycles. The molecule has 1 aliphatic rings. The highest BCUT2D eigenvalue weighted by Gasteiger charge is 2.35. The molecule has 0 saturated carbocycles. The minimum Gasteiger partial charge on any atom is -0.504 e. The first-order valence-corrected chi connectivity index (χ1v) is 10.9. The van der Waals surface area contributed by atoms with Gasteiger partial charge >= 0.3 is 0 Å². The Bertz CT molecular complexity index is 990. The summed E-state index contributed by atoms with van der Waals surface area (Å²) >= 11 is 7.67. The van der Waals surface area contributed by atoms with Gasteiger partial charge in [-0.15, -0.1) is 0 Å². The molecule has 1 saturated heterocycles. The Morgan fingerprint density at radius 2 is 1.96 bits per heavy atom. The van der Waals surface area contributed by atoms with E-state index in [0.717, 1.165) is 22.9 Å². The van der Waals surface area contributed by atoms with Gasteiger partial charge in [-0.25, -0.2) is 0 Å². The molecule has 3 rings (SSSR count). The molecule has 0 aliphatic carbocycles. The van der Waals surface area contributed by atoms with Crippen LogP contribution in [0.1, 0.15) is 23.6 Å². The highest BCUT2D eigenvalue weighted by Crippen LogP contribution is 2.44. The lowest BCUT2D eigenvalue weighted by atomic mass is 10.1. The standard InChI is InChI=1S/C20H17Br2NO4S/c1-3-27-15-9-14(21)17(22)13(18(15)24)8-16-19(25)23(20(26)28-16)10-12-7-5-4-6-11(12)2/h4-9,24H,3,10H2,1-2H3/b16-8-. The zero-order valence-corrected chi connectivity index (χ0v) is 19.2. The van der Waals surface area contributed by atoms with Crippen LogP contribution in [0.4, 0.5) is 4.79 Å². The molecule has 1 fully saturated rings. The quantitative estimate of drug-likeness (QED) is 0.494. The third-order valence-corrected chi connectivity index (χ3v) is 7.15. The van der Waals surface area contributed by atoms with Gasteiger partial charge in [0, 0.05) is 14.5 Å². The van der Waals surface area contributed by atoms with Gasteiger partial charge in [0.15, 0.2) is 11.5 Å². The number of halogens is 2. The Kier molecular flexibility index (Phi) is 6.52. The Labute approximate surface area is 184 Å². The molecule has 146 valence electrons. The Morgan fingerprint density at radius 1 is 1.25 bits per heavy atom. The molecule has 0 radical (unpaired) electrons. The van der Waals surface area contributed by atoms with E-state index in [9.17, 15) is 14.7 Å². The average molecular weight is 527 g/mol. The van der Waals surface area contributed by atoms with Gasteiger partial charge in [0.1, 0.15) is 0 Å². The van der Waals surface area contributed by atoms with Crippen molar-refractivity contribution in [2.24, 2.45) is 0 Å². The summed E-state index contributed by atoms with van der Waals surface area (Å²) in [5, 5.41) is 10.2. The summed E-state index contributed by atoms with van der Waals surface area (Å²) in [6.45, 7) is 4.35. The number of benzene rings is 2. The normalized spacial score (nSPS) is 15.6. The lowest BCUT2D eigenvalue weighted by molar-refractivity contribution is -0.123. The van der Waals surface area contributed by atoms with E-state index in [1.165, 1.54) is 11.0 Å². The number of rotatable bonds is 5. The van der Waals surface area contributed by atoms with Crippen LogP contribution >= 0.6 is 43.6 Å². The number of ether oxygens (including phenoxy) is 1. The summed E-state index contributed by atoms with van der Waals surface area (Å²) in [6.07, 6.45) is 1.51. The maximum atomic E-state index is 12.8. The highest BCUT2D eigenvalue weighted by atomic mass is 79.9. The van der Waals surface area contributed by atoms with E-state index < -0.39 is 0 Å². The minimum absolute atomic E-state index is 0.0948. The van der Waals surface area contributed by atoms with Crippen LogP contribution in [0.15, 0.2) is 44.2 Å². The van der Waals surface area contributed by atoms with Gasteiger partial charge in [-0.2, -0.15) is 0 Å². The molecular weight excluding hydrogens is 510 g/mol. The number of aryl methyl sites for hydroxylation is 1. The number of nitrogens with zero attached hydrogens (tertiary/aromatic N) is 1. The molecule has 5 nitrogen and oxygen atoms in total. The van der Waals surface area contributed by atoms with E-state index in [1.54, 1.807) is 6.07 Å². The molecule has 2 amide bonds. The summed E-state index contributed by atoms with van der Waals surface area (Å²) in [5.41, 5.74) is 2.30. The van der Waals surface area contributed by atoms with Crippen molar-refractivity contribution in [2.45, 2.75) is 20.4 Å². The minimum atomic E-state index is -0.387. The largest absolute Gasteiger partial charge is 0.504 e. The molecule has 0 spiro atoms. The molecular formula is C20H17Br2NO4S. The number of carbonyl (C=O) groups excluding carboxylic acids is 2. The predicted molar refractivity (Wildman–Crippen MR) is 117 cm³/mol. The van der Waals surface area contributed by atoms with Gasteiger partial charge in [-0.3, -0.25) is 14.5 Å². The number of thioether (sulfide) groups is 1. The lowest BCUT2D eigenvalue weighted by Crippen LogP contribution is -2.27. The van der Waals surface area contributed by atoms with Gasteiger partial charge < -0.3 is 9.84 Å². The van der Waals surface area contributed by atoms with Crippen LogP contribution in [-0.2, 0) is 11.3 Å². The van der Waals surface area contributed by atoms with Crippen molar-refractivity contribution < 1.29 is 19.4 Å². The van der Waals surface area contributed by atoms with Gasteiger partial charge in [-0.05, 0) is 80.7 Å². The smallest absolute Gasteiger partial charge is 0.293 e. The zero-order chi connectivity index (χ0) is 20.4. The van der Waals surface area contributed by atoms with Crippen molar-refractivity contribution in [1.82, 2.24) is 4.90 Å². The first kappa shape index (κ1) is 21.0. The molecule has 0 bridgehead atoms. The fraction of sp³-hybridized carbons (Fsp3) is 0.200. The van der Waals surface area contributed by atoms with Crippen LogP contribution in [0.5, 0.6) is 11.5 Å². The number of aromatic hydroxyl groups is 1. The van der Waals surface area contributed by atoms with E-state index >= 15 is 0 Å². The Morgan fingerprint density at radius 3 is 2.64 bits per heavy atom. The number of phenols is 1. The fourth-order valence-corrected chi connectivity index (χ4v) is 4.39. The topological polar surface area (TPSA) is 66.8 Å². The molecule has 0 atom stereocenters. The van der Waals surface area contributed by atoms with Gasteiger partial charge in [0.05, 0.1) is 18.1 Å². The average Bonchev–Trinajstić information content (AvgIpc) is 2.92. The molecule has 1 heterocycles. The summed E-state index contributed by atoms with van der Waals surface area (Å²) in [5.74, 6) is -0.187. The molecule has 1 aliphatic heterocycles. The number of imide groups is 1. The second-order valence-corrected chi connectivity index (χ2v) is 8.70. The zero-order valence-electron chi connectivity index (χ0n) is 15.2. The third kappa shape index (κ3) is 4.14. The Hall–Kier alpha value is -1.77. The highest BCUT2D eigenvalue weighted by molar-refractivity contribution is 9.13. The number of carbonyl (C=O) groups is 2. The summed E-state index contributed by atoms with van der Waals surface area (Å²) in [4.78, 5) is 26.7. The summed E-state index contributed by atoms with van der Waals surface area (Å²) in [6, 6.07) is 9.27. The van der Waals surface area contributed by atoms with Crippen molar-refractivity contribution in [2.75, 3.05) is 6.61 Å². The van der Waals surface area contributed by atoms with Crippen molar-refractivity contribution in [3.05, 3.63) is 60.9 Å². The van der Waals surface area contributed by atoms with E-state index in [0.29, 0.717) is 26.9 Å². The molecule has 0 aromatic heterocycles. The van der Waals surface area contributed by atoms with E-state index in [4.69, 9.17) is 4.74 Å². The number of phenolic OH excluding ortho intramolecular Hbond substituents is 1. The van der Waals surface area contributed by atoms with Crippen LogP contribution < -0.4 is 4.74 Å². The number of hydrogen-bond donors (Lipinski definition) is 1. The number of amides is 2. The predicted octanol–water partition coefficient (Wildman–Crippen LogP) is 5.86. The molecule has 8 heteroatoms. The fourth-order valence-electron chi connectivity index (χ4n) is 2.73. The van der Waals surface area contributed by atoms with Crippen LogP contribution in [0.2, 0.25) is 0 Å². The molecule has 0 unspecified atom stereocenters. The second-order valence-electron chi connectivity index (χ2n) is 6.06. The summed E-state index contributed by atoms with van der Waals surface area (Å²) in [7, 11) is 0. The second kappa shape index (κ2) is 8.71. The monoisotopic (exact) mass is 525 g/mol. The third-order valence-electron chi connectivity index (χ3n) is 4.23. The van der Waals surface area contributed by atoms with Crippen molar-refractivity contribution in [3.8, 4) is 11.5 Å². The first-order valence-electron chi connectivity index (χ1n) is 8.47. The van der Waals surface area contributed by atoms with E-state index in [2.05, 4.69) is 31.9 Å². The van der Waals surface area contributed by atoms with Gasteiger partial charge in [-0.1, -0.05) is 24.3 Å². The van der Waals surface area contributed by atoms with Gasteiger partial charge in [0.2, 0.25) is 0 Å². The Balaban J connectivity index is 1.95. The maximum Gasteiger partial charge on any atom is 0.293 e. The first-order chi connectivity index (χ1) is 13.3. The van der Waals surface area contributed by atoms with Crippen LogP contribution in [-0.4, -0.2) is 27.8 Å². The molecule has 1 N–H and O–H groups in total. The van der Waals surface area contributed by atoms with Crippen molar-refractivity contribution in [1.29, 1.82) is 0 Å². The van der Waals surface area contributed by atoms with Crippen LogP contribution in [0, 0.1) is 6.92 Å². The maximum absolute atomic E-state index is 12.8. The SMILES string of the molecule is CCOc1cc(Br)c(Br)c(/C=C2\SC(=O)N(Cc3ccccc3C)C2=O)c1O. The van der Waals surface area contributed by atoms with Crippen molar-refractivity contribution in [3.63, 3.8) is 0 Å². The van der Waals surface area contributed by atoms with Crippen LogP contribution in [0.25, 0.3) is 6.08 Å². The van der Waals surface area contributed by atoms with E-state index in [-0.39, 0.29) is 28.3 Å². The molecule has 28 heavy (non-hydrogen) atoms. The summed E-state index contributed by atoms with van der Waals surface area (Å²) < 4.78 is 6.67.